The summed E-state index contributed by atoms with van der Waals surface area (Å²) in [5.74, 6) is -7.06. The molecule has 1 N–H and O–H groups in total. The molecular weight excluding hydrogens is 419 g/mol. The van der Waals surface area contributed by atoms with Gasteiger partial charge in [0.1, 0.15) is 5.92 Å². The second-order valence-corrected chi connectivity index (χ2v) is 6.35. The minimum atomic E-state index is -4.87. The first-order valence-electron chi connectivity index (χ1n) is 7.87. The predicted molar refractivity (Wildman–Crippen MR) is 91.6 cm³/mol. The van der Waals surface area contributed by atoms with Crippen LogP contribution in [0.25, 0.3) is 10.9 Å². The van der Waals surface area contributed by atoms with E-state index in [1.165, 1.54) is 19.9 Å². The topological polar surface area (TPSA) is 68.4 Å². The van der Waals surface area contributed by atoms with Crippen LogP contribution in [-0.4, -0.2) is 36.3 Å². The molecule has 2 rings (SSSR count). The number of aromatic nitrogens is 1. The van der Waals surface area contributed by atoms with Gasteiger partial charge in [0.2, 0.25) is 0 Å². The molecule has 5 nitrogen and oxygen atoms in total. The predicted octanol–water partition coefficient (Wildman–Crippen LogP) is 4.32. The van der Waals surface area contributed by atoms with Crippen molar-refractivity contribution in [1.82, 2.24) is 4.98 Å². The molecule has 0 saturated carbocycles. The third kappa shape index (κ3) is 4.20. The molecule has 2 aromatic rings. The Morgan fingerprint density at radius 1 is 1.15 bits per heavy atom. The van der Waals surface area contributed by atoms with E-state index in [0.717, 1.165) is 6.20 Å². The molecule has 142 valence electrons. The van der Waals surface area contributed by atoms with Gasteiger partial charge in [-0.25, -0.2) is 0 Å². The Morgan fingerprint density at radius 2 is 1.73 bits per heavy atom. The number of benzene rings is 1. The Balaban J connectivity index is 2.62. The van der Waals surface area contributed by atoms with E-state index in [4.69, 9.17) is 9.47 Å². The average Bonchev–Trinajstić information content (AvgIpc) is 2.93. The van der Waals surface area contributed by atoms with Crippen LogP contribution in [0.3, 0.4) is 0 Å². The van der Waals surface area contributed by atoms with Crippen LogP contribution in [0, 0.1) is 5.92 Å². The second kappa shape index (κ2) is 8.11. The first-order chi connectivity index (χ1) is 12.2. The van der Waals surface area contributed by atoms with Crippen LogP contribution in [0.2, 0.25) is 0 Å². The fourth-order valence-corrected chi connectivity index (χ4v) is 3.12. The van der Waals surface area contributed by atoms with Crippen molar-refractivity contribution in [3.05, 3.63) is 34.4 Å². The summed E-state index contributed by atoms with van der Waals surface area (Å²) < 4.78 is 51.8. The molecule has 0 bridgehead atoms. The number of alkyl halides is 3. The summed E-state index contributed by atoms with van der Waals surface area (Å²) in [6.07, 6.45) is -3.72. The third-order valence-electron chi connectivity index (χ3n) is 3.78. The van der Waals surface area contributed by atoms with Gasteiger partial charge >= 0.3 is 18.1 Å². The Kier molecular flexibility index (Phi) is 6.33. The maximum Gasteiger partial charge on any atom is 0.397 e. The first kappa shape index (κ1) is 20.3. The first-order valence-corrected chi connectivity index (χ1v) is 8.66. The molecular formula is C17H17BrF3NO4. The van der Waals surface area contributed by atoms with Crippen LogP contribution in [-0.2, 0) is 19.1 Å². The average molecular weight is 436 g/mol. The molecule has 0 aliphatic rings. The molecule has 0 saturated heterocycles. The lowest BCUT2D eigenvalue weighted by Crippen LogP contribution is -2.40. The molecule has 1 aromatic heterocycles. The molecule has 0 spiro atoms. The second-order valence-electron chi connectivity index (χ2n) is 5.43. The van der Waals surface area contributed by atoms with Crippen LogP contribution >= 0.6 is 15.9 Å². The van der Waals surface area contributed by atoms with Crippen molar-refractivity contribution in [1.29, 1.82) is 0 Å². The fraction of sp³-hybridized carbons (Fsp3) is 0.412. The number of carbonyl (C=O) groups excluding carboxylic acids is 2. The molecule has 0 fully saturated rings. The Morgan fingerprint density at radius 3 is 2.23 bits per heavy atom. The SMILES string of the molecule is CCOC(=O)C(C(=O)OCC)[C@H](c1c[nH]c2cc(Br)ccc12)C(F)(F)F. The van der Waals surface area contributed by atoms with Gasteiger partial charge in [0, 0.05) is 21.6 Å². The van der Waals surface area contributed by atoms with Gasteiger partial charge in [0.25, 0.3) is 0 Å². The van der Waals surface area contributed by atoms with Gasteiger partial charge < -0.3 is 14.5 Å². The van der Waals surface area contributed by atoms with Gasteiger partial charge in [-0.05, 0) is 31.5 Å². The van der Waals surface area contributed by atoms with Crippen molar-refractivity contribution >= 4 is 38.8 Å². The summed E-state index contributed by atoms with van der Waals surface area (Å²) in [5.41, 5.74) is 0.223. The zero-order valence-corrected chi connectivity index (χ0v) is 15.6. The Bertz CT molecular complexity index is 785. The van der Waals surface area contributed by atoms with Crippen molar-refractivity contribution in [2.24, 2.45) is 5.92 Å². The summed E-state index contributed by atoms with van der Waals surface area (Å²) in [6.45, 7) is 2.60. The third-order valence-corrected chi connectivity index (χ3v) is 4.27. The maximum absolute atomic E-state index is 13.9. The van der Waals surface area contributed by atoms with Crippen LogP contribution in [0.1, 0.15) is 25.3 Å². The summed E-state index contributed by atoms with van der Waals surface area (Å²) in [6, 6.07) is 4.67. The van der Waals surface area contributed by atoms with Crippen LogP contribution < -0.4 is 0 Å². The van der Waals surface area contributed by atoms with E-state index < -0.39 is 30.0 Å². The number of H-pyrrole nitrogens is 1. The van der Waals surface area contributed by atoms with Crippen molar-refractivity contribution in [2.45, 2.75) is 25.9 Å². The number of hydrogen-bond donors (Lipinski definition) is 1. The minimum absolute atomic E-state index is 0.153. The Hall–Kier alpha value is -2.03. The quantitative estimate of drug-likeness (QED) is 0.541. The molecule has 1 atom stereocenters. The van der Waals surface area contributed by atoms with E-state index in [0.29, 0.717) is 9.99 Å². The van der Waals surface area contributed by atoms with Gasteiger partial charge in [0.05, 0.1) is 13.2 Å². The van der Waals surface area contributed by atoms with E-state index in [1.807, 2.05) is 0 Å². The van der Waals surface area contributed by atoms with Crippen LogP contribution in [0.4, 0.5) is 13.2 Å². The molecule has 0 aliphatic carbocycles. The van der Waals surface area contributed by atoms with E-state index in [9.17, 15) is 22.8 Å². The minimum Gasteiger partial charge on any atom is -0.465 e. The number of carbonyl (C=O) groups is 2. The smallest absolute Gasteiger partial charge is 0.397 e. The highest BCUT2D eigenvalue weighted by Crippen LogP contribution is 2.44. The highest BCUT2D eigenvalue weighted by Gasteiger charge is 2.53. The van der Waals surface area contributed by atoms with Crippen molar-refractivity contribution in [3.8, 4) is 0 Å². The van der Waals surface area contributed by atoms with E-state index in [2.05, 4.69) is 20.9 Å². The number of esters is 2. The normalized spacial score (nSPS) is 13.0. The standard InChI is InChI=1S/C17H17BrF3NO4/c1-3-25-15(23)13(16(24)26-4-2)14(17(19,20)21)11-8-22-12-7-9(18)5-6-10(11)12/h5-8,13-14,22H,3-4H2,1-2H3/t14-/m0/s1. The Labute approximate surface area is 156 Å². The van der Waals surface area contributed by atoms with Crippen molar-refractivity contribution in [2.75, 3.05) is 13.2 Å². The lowest BCUT2D eigenvalue weighted by Gasteiger charge is -2.26. The van der Waals surface area contributed by atoms with Crippen molar-refractivity contribution in [3.63, 3.8) is 0 Å². The zero-order chi connectivity index (χ0) is 19.5. The van der Waals surface area contributed by atoms with E-state index in [-0.39, 0.29) is 24.2 Å². The summed E-state index contributed by atoms with van der Waals surface area (Å²) in [5, 5.41) is 0.258. The number of fused-ring (bicyclic) bond motifs is 1. The van der Waals surface area contributed by atoms with Gasteiger partial charge in [-0.2, -0.15) is 13.2 Å². The molecule has 1 aromatic carbocycles. The van der Waals surface area contributed by atoms with Gasteiger partial charge in [0.15, 0.2) is 5.92 Å². The highest BCUT2D eigenvalue weighted by atomic mass is 79.9. The molecule has 0 amide bonds. The molecule has 0 unspecified atom stereocenters. The van der Waals surface area contributed by atoms with Gasteiger partial charge in [-0.1, -0.05) is 22.0 Å². The maximum atomic E-state index is 13.9. The monoisotopic (exact) mass is 435 g/mol. The lowest BCUT2D eigenvalue weighted by molar-refractivity contribution is -0.188. The number of halogens is 4. The summed E-state index contributed by atoms with van der Waals surface area (Å²) in [7, 11) is 0. The van der Waals surface area contributed by atoms with Gasteiger partial charge in [-0.3, -0.25) is 9.59 Å². The van der Waals surface area contributed by atoms with Gasteiger partial charge in [-0.15, -0.1) is 0 Å². The largest absolute Gasteiger partial charge is 0.465 e. The number of nitrogens with one attached hydrogen (secondary N) is 1. The number of hydrogen-bond acceptors (Lipinski definition) is 4. The molecule has 1 heterocycles. The van der Waals surface area contributed by atoms with E-state index >= 15 is 0 Å². The van der Waals surface area contributed by atoms with Crippen LogP contribution in [0.15, 0.2) is 28.9 Å². The highest BCUT2D eigenvalue weighted by molar-refractivity contribution is 9.10. The number of rotatable bonds is 6. The summed E-state index contributed by atoms with van der Waals surface area (Å²) >= 11 is 3.24. The van der Waals surface area contributed by atoms with Crippen molar-refractivity contribution < 1.29 is 32.2 Å². The number of aromatic amines is 1. The van der Waals surface area contributed by atoms with Crippen LogP contribution in [0.5, 0.6) is 0 Å². The molecule has 9 heteroatoms. The van der Waals surface area contributed by atoms with E-state index in [1.54, 1.807) is 12.1 Å². The summed E-state index contributed by atoms with van der Waals surface area (Å²) in [4.78, 5) is 27.1. The zero-order valence-electron chi connectivity index (χ0n) is 14.0. The fourth-order valence-electron chi connectivity index (χ4n) is 2.76. The number of ether oxygens (including phenoxy) is 2. The lowest BCUT2D eigenvalue weighted by atomic mass is 9.85. The molecule has 0 radical (unpaired) electrons. The molecule has 26 heavy (non-hydrogen) atoms. The molecule has 0 aliphatic heterocycles.